The molecule has 0 bridgehead atoms. The number of amides is 2. The second-order valence-electron chi connectivity index (χ2n) is 7.59. The van der Waals surface area contributed by atoms with Gasteiger partial charge in [-0.25, -0.2) is 0 Å². The van der Waals surface area contributed by atoms with Gasteiger partial charge in [0.15, 0.2) is 0 Å². The molecule has 0 unspecified atom stereocenters. The molecule has 2 aliphatic rings. The minimum atomic E-state index is -4.29. The summed E-state index contributed by atoms with van der Waals surface area (Å²) in [5, 5.41) is 2.62. The van der Waals surface area contributed by atoms with Gasteiger partial charge >= 0.3 is 18.0 Å². The van der Waals surface area contributed by atoms with E-state index in [0.717, 1.165) is 24.0 Å². The Morgan fingerprint density at radius 1 is 1.13 bits per heavy atom. The van der Waals surface area contributed by atoms with Crippen molar-refractivity contribution in [3.8, 4) is 0 Å². The number of anilines is 1. The van der Waals surface area contributed by atoms with Crippen LogP contribution < -0.4 is 5.32 Å². The zero-order valence-electron chi connectivity index (χ0n) is 16.2. The van der Waals surface area contributed by atoms with Crippen LogP contribution in [0.25, 0.3) is 0 Å². The van der Waals surface area contributed by atoms with E-state index in [2.05, 4.69) is 10.3 Å². The highest BCUT2D eigenvalue weighted by Crippen LogP contribution is 2.33. The molecule has 0 radical (unpaired) electrons. The lowest BCUT2D eigenvalue weighted by atomic mass is 10.1. The summed E-state index contributed by atoms with van der Waals surface area (Å²) in [6.07, 6.45) is 0.557. The summed E-state index contributed by atoms with van der Waals surface area (Å²) in [6, 6.07) is 8.50. The molecular formula is C21H21F3N4O2. The van der Waals surface area contributed by atoms with Crippen LogP contribution in [0.3, 0.4) is 0 Å². The fourth-order valence-corrected chi connectivity index (χ4v) is 4.22. The first kappa shape index (κ1) is 20.3. The quantitative estimate of drug-likeness (QED) is 0.778. The Bertz CT molecular complexity index is 949. The summed E-state index contributed by atoms with van der Waals surface area (Å²) in [5.74, 6) is -1.42. The van der Waals surface area contributed by atoms with E-state index in [1.165, 1.54) is 4.90 Å². The number of halogens is 3. The van der Waals surface area contributed by atoms with Gasteiger partial charge in [0.2, 0.25) is 0 Å². The number of hydrogen-bond acceptors (Lipinski definition) is 4. The van der Waals surface area contributed by atoms with Gasteiger partial charge < -0.3 is 10.2 Å². The summed E-state index contributed by atoms with van der Waals surface area (Å²) >= 11 is 0. The highest BCUT2D eigenvalue weighted by molar-refractivity contribution is 6.39. The maximum Gasteiger partial charge on any atom is 0.401 e. The number of carbonyl (C=O) groups is 2. The first-order valence-corrected chi connectivity index (χ1v) is 9.73. The standard InChI is InChI=1S/C21H21F3N4O2/c22-21(23,24)13-27-11-15-3-1-4-17(16(15)12-27)26-19(29)20(30)28-10-2-5-18(28)14-6-8-25-9-7-14/h1,3-4,6-9,18H,2,5,10-13H2,(H,26,29)/t18-/m1/s1. The molecule has 1 N–H and O–H groups in total. The van der Waals surface area contributed by atoms with Crippen molar-refractivity contribution in [2.45, 2.75) is 38.1 Å². The van der Waals surface area contributed by atoms with Gasteiger partial charge in [-0.2, -0.15) is 13.2 Å². The van der Waals surface area contributed by atoms with E-state index in [9.17, 15) is 22.8 Å². The van der Waals surface area contributed by atoms with Gasteiger partial charge in [0.05, 0.1) is 12.6 Å². The normalized spacial score (nSPS) is 19.0. The molecule has 2 aromatic rings. The summed E-state index contributed by atoms with van der Waals surface area (Å²) in [4.78, 5) is 32.3. The maximum atomic E-state index is 12.8. The lowest BCUT2D eigenvalue weighted by molar-refractivity contribution is -0.147. The van der Waals surface area contributed by atoms with E-state index in [1.54, 1.807) is 35.5 Å². The highest BCUT2D eigenvalue weighted by Gasteiger charge is 2.36. The molecule has 30 heavy (non-hydrogen) atoms. The van der Waals surface area contributed by atoms with Crippen molar-refractivity contribution in [1.29, 1.82) is 0 Å². The van der Waals surface area contributed by atoms with Crippen LogP contribution in [0.15, 0.2) is 42.7 Å². The van der Waals surface area contributed by atoms with Crippen LogP contribution in [0.5, 0.6) is 0 Å². The average Bonchev–Trinajstić information content (AvgIpc) is 3.34. The number of likely N-dealkylation sites (tertiary alicyclic amines) is 1. The van der Waals surface area contributed by atoms with Gasteiger partial charge in [-0.15, -0.1) is 0 Å². The molecule has 1 aromatic carbocycles. The van der Waals surface area contributed by atoms with Crippen LogP contribution in [0.4, 0.5) is 18.9 Å². The number of carbonyl (C=O) groups excluding carboxylic acids is 2. The molecule has 2 amide bonds. The van der Waals surface area contributed by atoms with Gasteiger partial charge in [0.25, 0.3) is 0 Å². The predicted molar refractivity (Wildman–Crippen MR) is 103 cm³/mol. The molecule has 3 heterocycles. The first-order valence-electron chi connectivity index (χ1n) is 9.73. The zero-order valence-corrected chi connectivity index (χ0v) is 16.2. The summed E-state index contributed by atoms with van der Waals surface area (Å²) in [6.45, 7) is -0.313. The Morgan fingerprint density at radius 2 is 1.90 bits per heavy atom. The fourth-order valence-electron chi connectivity index (χ4n) is 4.22. The molecule has 2 aliphatic heterocycles. The summed E-state index contributed by atoms with van der Waals surface area (Å²) in [7, 11) is 0. The molecule has 9 heteroatoms. The SMILES string of the molecule is O=C(Nc1cccc2c1CN(CC(F)(F)F)C2)C(=O)N1CCC[C@@H]1c1ccncc1. The fraction of sp³-hybridized carbons (Fsp3) is 0.381. The van der Waals surface area contributed by atoms with Crippen LogP contribution in [0.2, 0.25) is 0 Å². The minimum absolute atomic E-state index is 0.0723. The minimum Gasteiger partial charge on any atom is -0.327 e. The third kappa shape index (κ3) is 4.30. The van der Waals surface area contributed by atoms with E-state index < -0.39 is 24.5 Å². The molecular weight excluding hydrogens is 397 g/mol. The molecule has 1 saturated heterocycles. The lowest BCUT2D eigenvalue weighted by Gasteiger charge is -2.24. The molecule has 1 aromatic heterocycles. The van der Waals surface area contributed by atoms with Crippen LogP contribution in [-0.4, -0.2) is 45.9 Å². The van der Waals surface area contributed by atoms with E-state index >= 15 is 0 Å². The molecule has 0 spiro atoms. The van der Waals surface area contributed by atoms with Gasteiger partial charge in [0.1, 0.15) is 0 Å². The number of alkyl halides is 3. The Hall–Kier alpha value is -2.94. The van der Waals surface area contributed by atoms with Crippen molar-refractivity contribution < 1.29 is 22.8 Å². The number of hydrogen-bond donors (Lipinski definition) is 1. The maximum absolute atomic E-state index is 12.8. The second kappa shape index (κ2) is 8.06. The van der Waals surface area contributed by atoms with Crippen molar-refractivity contribution in [3.05, 3.63) is 59.4 Å². The highest BCUT2D eigenvalue weighted by atomic mass is 19.4. The van der Waals surface area contributed by atoms with Gasteiger partial charge in [-0.05, 0) is 47.7 Å². The number of benzene rings is 1. The van der Waals surface area contributed by atoms with Crippen molar-refractivity contribution in [2.24, 2.45) is 0 Å². The molecule has 6 nitrogen and oxygen atoms in total. The van der Waals surface area contributed by atoms with Crippen LogP contribution in [0, 0.1) is 0 Å². The van der Waals surface area contributed by atoms with Crippen LogP contribution in [-0.2, 0) is 22.7 Å². The third-order valence-electron chi connectivity index (χ3n) is 5.50. The first-order chi connectivity index (χ1) is 14.3. The van der Waals surface area contributed by atoms with Crippen LogP contribution >= 0.6 is 0 Å². The number of rotatable bonds is 3. The lowest BCUT2D eigenvalue weighted by Crippen LogP contribution is -2.39. The van der Waals surface area contributed by atoms with Gasteiger partial charge in [0, 0.05) is 37.7 Å². The van der Waals surface area contributed by atoms with Crippen molar-refractivity contribution in [3.63, 3.8) is 0 Å². The smallest absolute Gasteiger partial charge is 0.327 e. The Morgan fingerprint density at radius 3 is 2.63 bits per heavy atom. The predicted octanol–water partition coefficient (Wildman–Crippen LogP) is 3.26. The summed E-state index contributed by atoms with van der Waals surface area (Å²) < 4.78 is 38.2. The van der Waals surface area contributed by atoms with Crippen molar-refractivity contribution in [1.82, 2.24) is 14.8 Å². The Balaban J connectivity index is 1.46. The van der Waals surface area contributed by atoms with Gasteiger partial charge in [-0.3, -0.25) is 19.5 Å². The van der Waals surface area contributed by atoms with E-state index in [4.69, 9.17) is 0 Å². The molecule has 1 fully saturated rings. The molecule has 1 atom stereocenters. The van der Waals surface area contributed by atoms with Crippen molar-refractivity contribution in [2.75, 3.05) is 18.4 Å². The molecule has 0 aliphatic carbocycles. The zero-order chi connectivity index (χ0) is 21.3. The van der Waals surface area contributed by atoms with Crippen LogP contribution in [0.1, 0.15) is 35.6 Å². The number of aromatic nitrogens is 1. The van der Waals surface area contributed by atoms with Crippen molar-refractivity contribution >= 4 is 17.5 Å². The third-order valence-corrected chi connectivity index (χ3v) is 5.50. The average molecular weight is 418 g/mol. The Kier molecular flexibility index (Phi) is 5.46. The molecule has 158 valence electrons. The van der Waals surface area contributed by atoms with E-state index in [-0.39, 0.29) is 19.1 Å². The van der Waals surface area contributed by atoms with E-state index in [0.29, 0.717) is 17.8 Å². The topological polar surface area (TPSA) is 65.5 Å². The van der Waals surface area contributed by atoms with Gasteiger partial charge in [-0.1, -0.05) is 12.1 Å². The number of fused-ring (bicyclic) bond motifs is 1. The largest absolute Gasteiger partial charge is 0.401 e. The number of pyridine rings is 1. The second-order valence-corrected chi connectivity index (χ2v) is 7.59. The van der Waals surface area contributed by atoms with E-state index in [1.807, 2.05) is 12.1 Å². The molecule has 0 saturated carbocycles. The number of nitrogens with zero attached hydrogens (tertiary/aromatic N) is 3. The Labute approximate surface area is 171 Å². The number of nitrogens with one attached hydrogen (secondary N) is 1. The monoisotopic (exact) mass is 418 g/mol. The molecule has 4 rings (SSSR count). The summed E-state index contributed by atoms with van der Waals surface area (Å²) in [5.41, 5.74) is 2.65.